The number of hydrogen-bond donors (Lipinski definition) is 3. The molecule has 1 aliphatic carbocycles. The molecule has 0 aromatic heterocycles. The Labute approximate surface area is 113 Å². The molecule has 19 heavy (non-hydrogen) atoms. The van der Waals surface area contributed by atoms with Crippen LogP contribution in [0.25, 0.3) is 5.70 Å². The van der Waals surface area contributed by atoms with Crippen LogP contribution in [0.3, 0.4) is 0 Å². The molecule has 2 rings (SSSR count). The molecule has 0 radical (unpaired) electrons. The number of nitrogens with two attached hydrogens (primary N) is 3. The molecule has 1 aromatic carbocycles. The number of anilines is 1. The third-order valence-electron chi connectivity index (χ3n) is 3.33. The Bertz CT molecular complexity index is 518. The Morgan fingerprint density at radius 2 is 2.16 bits per heavy atom. The van der Waals surface area contributed by atoms with E-state index in [0.717, 1.165) is 23.6 Å². The van der Waals surface area contributed by atoms with Crippen LogP contribution >= 0.6 is 0 Å². The third-order valence-corrected chi connectivity index (χ3v) is 3.33. The van der Waals surface area contributed by atoms with E-state index in [9.17, 15) is 4.79 Å². The van der Waals surface area contributed by atoms with E-state index in [2.05, 4.69) is 6.08 Å². The lowest BCUT2D eigenvalue weighted by molar-refractivity contribution is 0.100. The molecule has 102 valence electrons. The standard InChI is InChI=1S/C14H20N4O/c1-18(17)13(7-4-9-2-3-9)11-6-5-10(14(16)19)8-12(11)15/h5-9H,2-4,15,17H2,1H3,(H2,16,19)/b13-7-. The molecule has 0 saturated heterocycles. The molecule has 0 atom stereocenters. The zero-order valence-electron chi connectivity index (χ0n) is 11.1. The lowest BCUT2D eigenvalue weighted by atomic mass is 10.0. The Balaban J connectivity index is 2.30. The summed E-state index contributed by atoms with van der Waals surface area (Å²) < 4.78 is 0. The smallest absolute Gasteiger partial charge is 0.248 e. The minimum absolute atomic E-state index is 0.405. The largest absolute Gasteiger partial charge is 0.398 e. The summed E-state index contributed by atoms with van der Waals surface area (Å²) in [4.78, 5) is 11.1. The Hall–Kier alpha value is -2.01. The molecule has 0 aliphatic heterocycles. The van der Waals surface area contributed by atoms with Crippen LogP contribution in [0.15, 0.2) is 24.3 Å². The average molecular weight is 260 g/mol. The zero-order chi connectivity index (χ0) is 14.0. The first-order valence-electron chi connectivity index (χ1n) is 6.37. The van der Waals surface area contributed by atoms with Gasteiger partial charge in [0.1, 0.15) is 0 Å². The highest BCUT2D eigenvalue weighted by molar-refractivity contribution is 5.94. The van der Waals surface area contributed by atoms with E-state index in [1.165, 1.54) is 12.8 Å². The molecule has 1 fully saturated rings. The van der Waals surface area contributed by atoms with Gasteiger partial charge in [-0.1, -0.05) is 6.08 Å². The van der Waals surface area contributed by atoms with Gasteiger partial charge in [-0.25, -0.2) is 5.84 Å². The molecular weight excluding hydrogens is 240 g/mol. The maximum atomic E-state index is 11.1. The number of primary amides is 1. The summed E-state index contributed by atoms with van der Waals surface area (Å²) >= 11 is 0. The fourth-order valence-electron chi connectivity index (χ4n) is 2.03. The van der Waals surface area contributed by atoms with E-state index in [-0.39, 0.29) is 0 Å². The third kappa shape index (κ3) is 3.26. The van der Waals surface area contributed by atoms with Crippen molar-refractivity contribution in [1.29, 1.82) is 0 Å². The number of rotatable bonds is 5. The number of amides is 1. The van der Waals surface area contributed by atoms with Gasteiger partial charge in [0.25, 0.3) is 0 Å². The van der Waals surface area contributed by atoms with Gasteiger partial charge in [-0.15, -0.1) is 0 Å². The molecule has 0 heterocycles. The summed E-state index contributed by atoms with van der Waals surface area (Å²) in [6.07, 6.45) is 5.68. The summed E-state index contributed by atoms with van der Waals surface area (Å²) in [7, 11) is 1.78. The van der Waals surface area contributed by atoms with Gasteiger partial charge in [0.15, 0.2) is 0 Å². The predicted octanol–water partition coefficient (Wildman–Crippen LogP) is 1.31. The molecule has 0 spiro atoms. The second-order valence-electron chi connectivity index (χ2n) is 5.05. The Morgan fingerprint density at radius 3 is 2.63 bits per heavy atom. The van der Waals surface area contributed by atoms with Crippen LogP contribution in [0.5, 0.6) is 0 Å². The summed E-state index contributed by atoms with van der Waals surface area (Å²) in [6.45, 7) is 0. The molecule has 1 aliphatic rings. The van der Waals surface area contributed by atoms with Crippen LogP contribution in [0.4, 0.5) is 5.69 Å². The first-order valence-corrected chi connectivity index (χ1v) is 6.37. The number of nitrogens with zero attached hydrogens (tertiary/aromatic N) is 1. The normalized spacial score (nSPS) is 15.4. The van der Waals surface area contributed by atoms with Crippen LogP contribution in [-0.2, 0) is 0 Å². The zero-order valence-corrected chi connectivity index (χ0v) is 11.1. The second-order valence-corrected chi connectivity index (χ2v) is 5.05. The monoisotopic (exact) mass is 260 g/mol. The van der Waals surface area contributed by atoms with Crippen molar-refractivity contribution in [2.75, 3.05) is 12.8 Å². The van der Waals surface area contributed by atoms with Crippen molar-refractivity contribution in [3.8, 4) is 0 Å². The van der Waals surface area contributed by atoms with Gasteiger partial charge in [0.05, 0.1) is 5.70 Å². The first kappa shape index (κ1) is 13.4. The van der Waals surface area contributed by atoms with Crippen LogP contribution in [0.2, 0.25) is 0 Å². The van der Waals surface area contributed by atoms with Crippen molar-refractivity contribution < 1.29 is 4.79 Å². The van der Waals surface area contributed by atoms with Gasteiger partial charge in [-0.2, -0.15) is 0 Å². The summed E-state index contributed by atoms with van der Waals surface area (Å²) in [6, 6.07) is 5.05. The first-order chi connectivity index (χ1) is 8.99. The average Bonchev–Trinajstić information content (AvgIpc) is 3.14. The fourth-order valence-corrected chi connectivity index (χ4v) is 2.03. The topological polar surface area (TPSA) is 98.4 Å². The summed E-state index contributed by atoms with van der Waals surface area (Å²) in [5, 5.41) is 1.55. The number of carbonyl (C=O) groups is 1. The van der Waals surface area contributed by atoms with Gasteiger partial charge in [0.2, 0.25) is 5.91 Å². The fraction of sp³-hybridized carbons (Fsp3) is 0.357. The van der Waals surface area contributed by atoms with Crippen LogP contribution in [0, 0.1) is 5.92 Å². The molecule has 0 unspecified atom stereocenters. The van der Waals surface area contributed by atoms with E-state index in [1.54, 1.807) is 30.3 Å². The molecule has 0 bridgehead atoms. The molecule has 6 N–H and O–H groups in total. The Morgan fingerprint density at radius 1 is 1.47 bits per heavy atom. The van der Waals surface area contributed by atoms with E-state index in [0.29, 0.717) is 11.3 Å². The van der Waals surface area contributed by atoms with Gasteiger partial charge in [-0.05, 0) is 43.4 Å². The van der Waals surface area contributed by atoms with Gasteiger partial charge in [0, 0.05) is 23.9 Å². The lowest BCUT2D eigenvalue weighted by Gasteiger charge is -2.19. The second kappa shape index (κ2) is 5.32. The van der Waals surface area contributed by atoms with E-state index in [1.807, 2.05) is 0 Å². The highest BCUT2D eigenvalue weighted by Crippen LogP contribution is 2.34. The van der Waals surface area contributed by atoms with Crippen molar-refractivity contribution in [3.05, 3.63) is 35.4 Å². The number of nitrogen functional groups attached to an aromatic ring is 1. The van der Waals surface area contributed by atoms with Gasteiger partial charge in [-0.3, -0.25) is 4.79 Å². The quantitative estimate of drug-likeness (QED) is 0.422. The highest BCUT2D eigenvalue weighted by atomic mass is 16.1. The van der Waals surface area contributed by atoms with E-state index in [4.69, 9.17) is 17.3 Å². The number of allylic oxidation sites excluding steroid dienone is 1. The maximum Gasteiger partial charge on any atom is 0.248 e. The summed E-state index contributed by atoms with van der Waals surface area (Å²) in [5.41, 5.74) is 13.8. The Kier molecular flexibility index (Phi) is 3.76. The van der Waals surface area contributed by atoms with Crippen LogP contribution in [-0.4, -0.2) is 18.0 Å². The molecule has 5 heteroatoms. The van der Waals surface area contributed by atoms with Crippen molar-refractivity contribution >= 4 is 17.3 Å². The van der Waals surface area contributed by atoms with Crippen LogP contribution < -0.4 is 17.3 Å². The molecule has 1 amide bonds. The summed E-state index contributed by atoms with van der Waals surface area (Å²) in [5.74, 6) is 6.16. The molecule has 1 aromatic rings. The molecule has 5 nitrogen and oxygen atoms in total. The number of hydrazine groups is 1. The molecule has 1 saturated carbocycles. The van der Waals surface area contributed by atoms with Gasteiger partial charge < -0.3 is 16.5 Å². The van der Waals surface area contributed by atoms with Crippen molar-refractivity contribution in [1.82, 2.24) is 5.01 Å². The predicted molar refractivity (Wildman–Crippen MR) is 76.6 cm³/mol. The maximum absolute atomic E-state index is 11.1. The lowest BCUT2D eigenvalue weighted by Crippen LogP contribution is -2.25. The van der Waals surface area contributed by atoms with E-state index >= 15 is 0 Å². The van der Waals surface area contributed by atoms with Crippen molar-refractivity contribution in [2.24, 2.45) is 17.5 Å². The molecular formula is C14H20N4O. The number of carbonyl (C=O) groups excluding carboxylic acids is 1. The van der Waals surface area contributed by atoms with Crippen LogP contribution in [0.1, 0.15) is 35.2 Å². The minimum Gasteiger partial charge on any atom is -0.398 e. The minimum atomic E-state index is -0.483. The van der Waals surface area contributed by atoms with Crippen molar-refractivity contribution in [3.63, 3.8) is 0 Å². The SMILES string of the molecule is CN(N)/C(=C\CC1CC1)c1ccc(C(N)=O)cc1N. The van der Waals surface area contributed by atoms with Crippen molar-refractivity contribution in [2.45, 2.75) is 19.3 Å². The number of benzene rings is 1. The highest BCUT2D eigenvalue weighted by Gasteiger charge is 2.20. The van der Waals surface area contributed by atoms with E-state index < -0.39 is 5.91 Å². The number of hydrogen-bond acceptors (Lipinski definition) is 4. The van der Waals surface area contributed by atoms with Gasteiger partial charge >= 0.3 is 0 Å².